The summed E-state index contributed by atoms with van der Waals surface area (Å²) < 4.78 is 10.4. The minimum Gasteiger partial charge on any atom is -0.497 e. The second-order valence-corrected chi connectivity index (χ2v) is 22.9. The highest BCUT2D eigenvalue weighted by Crippen LogP contribution is 2.45. The lowest BCUT2D eigenvalue weighted by Crippen LogP contribution is -2.35. The molecule has 0 radical (unpaired) electrons. The maximum Gasteiger partial charge on any atom is 0.125 e. The SMILES string of the molecule is CC(C)(C)C(C)(C)C.CC(C)C(C)(C)c1ccccc1.CC(C)C(C)C.CC(C)C(c1ccccc1)(c1ccccc1)c1ccccc1.CCC(C)C.COc1ccc(CC(C)C)c(OC)c1. The van der Waals surface area contributed by atoms with Gasteiger partial charge in [0.1, 0.15) is 11.5 Å². The highest BCUT2D eigenvalue weighted by molar-refractivity contribution is 5.51. The highest BCUT2D eigenvalue weighted by Gasteiger charge is 2.39. The normalized spacial score (nSPS) is 11.5. The Morgan fingerprint density at radius 1 is 0.403 bits per heavy atom. The third kappa shape index (κ3) is 22.1. The van der Waals surface area contributed by atoms with Gasteiger partial charge in [-0.1, -0.05) is 279 Å². The lowest BCUT2D eigenvalue weighted by atomic mass is 9.63. The van der Waals surface area contributed by atoms with Crippen LogP contribution in [0.2, 0.25) is 0 Å². The van der Waals surface area contributed by atoms with Crippen molar-refractivity contribution in [2.24, 2.45) is 46.3 Å². The van der Waals surface area contributed by atoms with E-state index in [0.29, 0.717) is 34.0 Å². The van der Waals surface area contributed by atoms with Crippen molar-refractivity contribution in [3.8, 4) is 11.5 Å². The fourth-order valence-electron chi connectivity index (χ4n) is 6.26. The number of ether oxygens (including phenoxy) is 2. The van der Waals surface area contributed by atoms with Crippen LogP contribution in [0.3, 0.4) is 0 Å². The van der Waals surface area contributed by atoms with E-state index in [1.165, 1.54) is 34.2 Å². The molecule has 0 amide bonds. The molecule has 2 heteroatoms. The number of rotatable bonds is 12. The predicted octanol–water partition coefficient (Wildman–Crippen LogP) is 19.6. The van der Waals surface area contributed by atoms with Crippen molar-refractivity contribution in [2.75, 3.05) is 14.2 Å². The van der Waals surface area contributed by atoms with Gasteiger partial charge in [-0.2, -0.15) is 0 Å². The summed E-state index contributed by atoms with van der Waals surface area (Å²) in [5.41, 5.74) is 7.76. The Balaban J connectivity index is 0.000000845. The molecule has 5 aromatic rings. The summed E-state index contributed by atoms with van der Waals surface area (Å²) in [5.74, 6) is 6.11. The Hall–Kier alpha value is -4.30. The molecule has 5 rings (SSSR count). The first-order chi connectivity index (χ1) is 31.1. The van der Waals surface area contributed by atoms with Crippen LogP contribution in [0.5, 0.6) is 11.5 Å². The van der Waals surface area contributed by atoms with Gasteiger partial charge in [0.05, 0.1) is 14.2 Å². The van der Waals surface area contributed by atoms with Crippen molar-refractivity contribution < 1.29 is 9.47 Å². The van der Waals surface area contributed by atoms with Crippen molar-refractivity contribution in [2.45, 2.75) is 169 Å². The van der Waals surface area contributed by atoms with E-state index in [4.69, 9.17) is 9.47 Å². The van der Waals surface area contributed by atoms with Gasteiger partial charge in [-0.25, -0.2) is 0 Å². The van der Waals surface area contributed by atoms with Crippen molar-refractivity contribution >= 4 is 0 Å². The second kappa shape index (κ2) is 31.0. The van der Waals surface area contributed by atoms with Gasteiger partial charge >= 0.3 is 0 Å². The zero-order valence-corrected chi connectivity index (χ0v) is 47.5. The molecular formula is C65H102O2. The first kappa shape index (κ1) is 62.7. The van der Waals surface area contributed by atoms with Gasteiger partial charge in [-0.05, 0) is 92.1 Å². The molecule has 0 saturated heterocycles. The summed E-state index contributed by atoms with van der Waals surface area (Å²) in [7, 11) is 3.36. The molecule has 0 fully saturated rings. The first-order valence-corrected chi connectivity index (χ1v) is 25.6. The molecule has 0 aliphatic heterocycles. The lowest BCUT2D eigenvalue weighted by Gasteiger charge is -2.39. The standard InChI is InChI=1S/C22H22.C12H18O2.C12H18.C8H18.C6H14.C5H12/c1-18(2)22(19-12-6-3-7-13-19,20-14-8-4-9-15-20)21-16-10-5-11-17-21;1-9(2)7-10-5-6-11(13-3)8-12(10)14-4;1-10(2)12(3,4)11-8-6-5-7-9-11;1-7(2,3)8(4,5)6;1-5(2)6(3)4;1-4-5(2)3/h3-18H,1-2H3;5-6,8-9H,7H2,1-4H3;5-10H,1-4H3;1-6H3;5-6H,1-4H3;5H,4H2,1-3H3. The molecule has 5 aromatic carbocycles. The van der Waals surface area contributed by atoms with Crippen molar-refractivity contribution in [3.63, 3.8) is 0 Å². The summed E-state index contributed by atoms with van der Waals surface area (Å²) in [5, 5.41) is 0. The van der Waals surface area contributed by atoms with Gasteiger partial charge in [-0.3, -0.25) is 0 Å². The summed E-state index contributed by atoms with van der Waals surface area (Å²) in [6.07, 6.45) is 2.34. The molecule has 0 saturated carbocycles. The third-order valence-electron chi connectivity index (χ3n) is 14.0. The van der Waals surface area contributed by atoms with Crippen LogP contribution >= 0.6 is 0 Å². The maximum atomic E-state index is 5.31. The number of benzene rings is 5. The van der Waals surface area contributed by atoms with E-state index in [-0.39, 0.29) is 5.41 Å². The van der Waals surface area contributed by atoms with Crippen LogP contribution in [0.15, 0.2) is 140 Å². The van der Waals surface area contributed by atoms with Crippen LogP contribution in [0, 0.1) is 46.3 Å². The van der Waals surface area contributed by atoms with Crippen LogP contribution in [-0.2, 0) is 17.3 Å². The molecule has 0 aliphatic rings. The average Bonchev–Trinajstić information content (AvgIpc) is 3.28. The average molecular weight is 916 g/mol. The molecule has 0 bridgehead atoms. The summed E-state index contributed by atoms with van der Waals surface area (Å²) in [6.45, 7) is 47.4. The molecule has 0 atom stereocenters. The lowest BCUT2D eigenvalue weighted by molar-refractivity contribution is 0.157. The molecule has 2 nitrogen and oxygen atoms in total. The molecule has 67 heavy (non-hydrogen) atoms. The minimum absolute atomic E-state index is 0.121. The second-order valence-electron chi connectivity index (χ2n) is 22.9. The molecule has 0 N–H and O–H groups in total. The van der Waals surface area contributed by atoms with Gasteiger partial charge in [0.15, 0.2) is 0 Å². The van der Waals surface area contributed by atoms with E-state index in [0.717, 1.165) is 35.7 Å². The monoisotopic (exact) mass is 915 g/mol. The van der Waals surface area contributed by atoms with Crippen molar-refractivity contribution in [1.82, 2.24) is 0 Å². The molecule has 0 spiro atoms. The number of hydrogen-bond donors (Lipinski definition) is 0. The smallest absolute Gasteiger partial charge is 0.125 e. The van der Waals surface area contributed by atoms with E-state index >= 15 is 0 Å². The Labute approximate surface area is 416 Å². The number of hydrogen-bond acceptors (Lipinski definition) is 2. The Bertz CT molecular complexity index is 1820. The van der Waals surface area contributed by atoms with Crippen LogP contribution in [0.4, 0.5) is 0 Å². The molecular weight excluding hydrogens is 813 g/mol. The van der Waals surface area contributed by atoms with Crippen LogP contribution in [-0.4, -0.2) is 14.2 Å². The van der Waals surface area contributed by atoms with E-state index < -0.39 is 0 Å². The van der Waals surface area contributed by atoms with E-state index in [1.807, 2.05) is 12.1 Å². The van der Waals surface area contributed by atoms with Gasteiger partial charge < -0.3 is 9.47 Å². The minimum atomic E-state index is -0.121. The quantitative estimate of drug-likeness (QED) is 0.116. The Morgan fingerprint density at radius 2 is 0.731 bits per heavy atom. The van der Waals surface area contributed by atoms with Crippen molar-refractivity contribution in [1.29, 1.82) is 0 Å². The third-order valence-corrected chi connectivity index (χ3v) is 14.0. The Morgan fingerprint density at radius 3 is 0.955 bits per heavy atom. The fourth-order valence-corrected chi connectivity index (χ4v) is 6.26. The topological polar surface area (TPSA) is 18.5 Å². The Kier molecular flexibility index (Phi) is 29.0. The molecule has 374 valence electrons. The van der Waals surface area contributed by atoms with E-state index in [9.17, 15) is 0 Å². The summed E-state index contributed by atoms with van der Waals surface area (Å²) in [6, 6.07) is 49.3. The molecule has 0 unspecified atom stereocenters. The van der Waals surface area contributed by atoms with Crippen LogP contribution in [0.25, 0.3) is 0 Å². The van der Waals surface area contributed by atoms with Gasteiger partial charge in [0, 0.05) is 11.5 Å². The zero-order chi connectivity index (χ0) is 51.6. The first-order valence-electron chi connectivity index (χ1n) is 25.6. The van der Waals surface area contributed by atoms with Gasteiger partial charge in [0.2, 0.25) is 0 Å². The largest absolute Gasteiger partial charge is 0.497 e. The predicted molar refractivity (Wildman–Crippen MR) is 300 cm³/mol. The fraction of sp³-hybridized carbons (Fsp3) is 0.538. The molecule has 0 heterocycles. The van der Waals surface area contributed by atoms with Gasteiger partial charge in [0.25, 0.3) is 0 Å². The number of methoxy groups -OCH3 is 2. The van der Waals surface area contributed by atoms with E-state index in [2.05, 4.69) is 273 Å². The maximum absolute atomic E-state index is 5.31. The molecule has 0 aromatic heterocycles. The van der Waals surface area contributed by atoms with Crippen LogP contribution in [0.1, 0.15) is 180 Å². The van der Waals surface area contributed by atoms with Crippen molar-refractivity contribution in [3.05, 3.63) is 167 Å². The highest BCUT2D eigenvalue weighted by atomic mass is 16.5. The summed E-state index contributed by atoms with van der Waals surface area (Å²) in [4.78, 5) is 0. The molecule has 0 aliphatic carbocycles. The van der Waals surface area contributed by atoms with E-state index in [1.54, 1.807) is 14.2 Å². The van der Waals surface area contributed by atoms with Gasteiger partial charge in [-0.15, -0.1) is 0 Å². The van der Waals surface area contributed by atoms with Crippen LogP contribution < -0.4 is 9.47 Å². The summed E-state index contributed by atoms with van der Waals surface area (Å²) >= 11 is 0. The zero-order valence-electron chi connectivity index (χ0n) is 47.5.